The molecule has 1 aromatic carbocycles. The first-order valence-electron chi connectivity index (χ1n) is 7.66. The minimum atomic E-state index is -3.42. The molecular formula is C16H21NO4S. The number of carboxylic acids is 1. The third-order valence-corrected chi connectivity index (χ3v) is 6.79. The maximum Gasteiger partial charge on any atom is 0.303 e. The molecular weight excluding hydrogens is 302 g/mol. The summed E-state index contributed by atoms with van der Waals surface area (Å²) in [6.45, 7) is 3.02. The van der Waals surface area contributed by atoms with E-state index in [9.17, 15) is 13.2 Å². The molecule has 1 saturated carbocycles. The number of hydrogen-bond acceptors (Lipinski definition) is 3. The summed E-state index contributed by atoms with van der Waals surface area (Å²) >= 11 is 0. The number of sulfonamides is 1. The second kappa shape index (κ2) is 5.35. The minimum Gasteiger partial charge on any atom is -0.481 e. The van der Waals surface area contributed by atoms with Crippen molar-refractivity contribution in [2.24, 2.45) is 11.3 Å². The van der Waals surface area contributed by atoms with Crippen LogP contribution in [0.1, 0.15) is 31.7 Å². The second-order valence-electron chi connectivity index (χ2n) is 6.61. The van der Waals surface area contributed by atoms with Gasteiger partial charge >= 0.3 is 5.97 Å². The summed E-state index contributed by atoms with van der Waals surface area (Å²) in [6.07, 6.45) is 2.56. The summed E-state index contributed by atoms with van der Waals surface area (Å²) in [6, 6.07) is 7.15. The van der Waals surface area contributed by atoms with Crippen LogP contribution in [0.5, 0.6) is 0 Å². The molecule has 5 nitrogen and oxygen atoms in total. The van der Waals surface area contributed by atoms with Gasteiger partial charge in [-0.3, -0.25) is 4.79 Å². The van der Waals surface area contributed by atoms with Crippen molar-refractivity contribution in [3.63, 3.8) is 0 Å². The van der Waals surface area contributed by atoms with Gasteiger partial charge in [0.15, 0.2) is 0 Å². The number of hydrogen-bond donors (Lipinski definition) is 1. The van der Waals surface area contributed by atoms with E-state index in [-0.39, 0.29) is 17.8 Å². The smallest absolute Gasteiger partial charge is 0.303 e. The van der Waals surface area contributed by atoms with E-state index in [1.807, 2.05) is 19.1 Å². The van der Waals surface area contributed by atoms with E-state index < -0.39 is 16.0 Å². The molecule has 1 aliphatic heterocycles. The van der Waals surface area contributed by atoms with Crippen molar-refractivity contribution in [1.29, 1.82) is 0 Å². The minimum absolute atomic E-state index is 0.0361. The normalized spacial score (nSPS) is 21.3. The fraction of sp³-hybridized carbons (Fsp3) is 0.562. The van der Waals surface area contributed by atoms with Gasteiger partial charge in [-0.2, -0.15) is 4.31 Å². The number of rotatable bonds is 5. The van der Waals surface area contributed by atoms with Crippen LogP contribution >= 0.6 is 0 Å². The van der Waals surface area contributed by atoms with Crippen molar-refractivity contribution in [1.82, 2.24) is 4.31 Å². The number of carbonyl (C=O) groups is 1. The predicted octanol–water partition coefficient (Wildman–Crippen LogP) is 2.12. The zero-order valence-electron chi connectivity index (χ0n) is 12.7. The quantitative estimate of drug-likeness (QED) is 0.901. The monoisotopic (exact) mass is 323 g/mol. The van der Waals surface area contributed by atoms with Crippen LogP contribution in [0.15, 0.2) is 29.2 Å². The standard InChI is InChI=1S/C16H21NO4S/c1-2-13-5-3-4-6-14(13)22(20,21)17-10-16(11-17)8-12(9-16)7-15(18)19/h3-6,12H,2,7-11H2,1H3,(H,18,19). The third kappa shape index (κ3) is 2.54. The highest BCUT2D eigenvalue weighted by molar-refractivity contribution is 7.89. The summed E-state index contributed by atoms with van der Waals surface area (Å²) < 4.78 is 27.0. The number of aliphatic carboxylic acids is 1. The molecule has 0 atom stereocenters. The van der Waals surface area contributed by atoms with Crippen molar-refractivity contribution in [3.8, 4) is 0 Å². The van der Waals surface area contributed by atoms with Crippen molar-refractivity contribution in [3.05, 3.63) is 29.8 Å². The molecule has 1 aromatic rings. The van der Waals surface area contributed by atoms with Crippen LogP contribution in [0.4, 0.5) is 0 Å². The lowest BCUT2D eigenvalue weighted by molar-refractivity contribution is -0.142. The number of nitrogens with zero attached hydrogens (tertiary/aromatic N) is 1. The Bertz CT molecular complexity index is 684. The summed E-state index contributed by atoms with van der Waals surface area (Å²) in [5.74, 6) is -0.550. The van der Waals surface area contributed by atoms with Crippen LogP contribution < -0.4 is 0 Å². The van der Waals surface area contributed by atoms with Gasteiger partial charge in [-0.05, 0) is 42.2 Å². The highest BCUT2D eigenvalue weighted by Gasteiger charge is 2.55. The van der Waals surface area contributed by atoms with Gasteiger partial charge in [0.1, 0.15) is 0 Å². The fourth-order valence-corrected chi connectivity index (χ4v) is 5.83. The Hall–Kier alpha value is -1.40. The Morgan fingerprint density at radius 2 is 1.95 bits per heavy atom. The van der Waals surface area contributed by atoms with E-state index in [0.29, 0.717) is 24.4 Å². The van der Waals surface area contributed by atoms with Gasteiger partial charge < -0.3 is 5.11 Å². The summed E-state index contributed by atoms with van der Waals surface area (Å²) in [7, 11) is -3.42. The molecule has 120 valence electrons. The summed E-state index contributed by atoms with van der Waals surface area (Å²) in [5, 5.41) is 8.79. The molecule has 2 fully saturated rings. The molecule has 0 aromatic heterocycles. The number of benzene rings is 1. The topological polar surface area (TPSA) is 74.7 Å². The zero-order valence-corrected chi connectivity index (χ0v) is 13.5. The average molecular weight is 323 g/mol. The molecule has 3 rings (SSSR count). The van der Waals surface area contributed by atoms with E-state index in [0.717, 1.165) is 18.4 Å². The Kier molecular flexibility index (Phi) is 3.77. The van der Waals surface area contributed by atoms with Crippen LogP contribution in [0, 0.1) is 11.3 Å². The molecule has 1 aliphatic carbocycles. The van der Waals surface area contributed by atoms with Crippen LogP contribution in [0.25, 0.3) is 0 Å². The molecule has 0 radical (unpaired) electrons. The van der Waals surface area contributed by atoms with Crippen molar-refractivity contribution in [2.45, 2.75) is 37.5 Å². The maximum absolute atomic E-state index is 12.7. The summed E-state index contributed by atoms with van der Waals surface area (Å²) in [5.41, 5.74) is 0.884. The highest BCUT2D eigenvalue weighted by Crippen LogP contribution is 2.54. The first-order valence-corrected chi connectivity index (χ1v) is 9.10. The first-order chi connectivity index (χ1) is 10.4. The van der Waals surface area contributed by atoms with Gasteiger partial charge in [-0.25, -0.2) is 8.42 Å². The Balaban J connectivity index is 1.67. The van der Waals surface area contributed by atoms with Gasteiger partial charge in [-0.15, -0.1) is 0 Å². The molecule has 0 unspecified atom stereocenters. The van der Waals surface area contributed by atoms with Crippen LogP contribution in [0.3, 0.4) is 0 Å². The third-order valence-electron chi connectivity index (χ3n) is 4.90. The number of carboxylic acid groups (broad SMARTS) is 1. The fourth-order valence-electron chi connectivity index (χ4n) is 3.87. The van der Waals surface area contributed by atoms with E-state index in [1.54, 1.807) is 16.4 Å². The average Bonchev–Trinajstić information content (AvgIpc) is 2.39. The van der Waals surface area contributed by atoms with Gasteiger partial charge in [0.05, 0.1) is 4.90 Å². The molecule has 22 heavy (non-hydrogen) atoms. The Morgan fingerprint density at radius 1 is 1.32 bits per heavy atom. The van der Waals surface area contributed by atoms with Gasteiger partial charge in [0.25, 0.3) is 0 Å². The molecule has 6 heteroatoms. The molecule has 1 heterocycles. The SMILES string of the molecule is CCc1ccccc1S(=O)(=O)N1CC2(CC(CC(=O)O)C2)C1. The van der Waals surface area contributed by atoms with E-state index in [2.05, 4.69) is 0 Å². The lowest BCUT2D eigenvalue weighted by Crippen LogP contribution is -2.63. The van der Waals surface area contributed by atoms with Gasteiger partial charge in [-0.1, -0.05) is 25.1 Å². The first kappa shape index (κ1) is 15.5. The second-order valence-corrected chi connectivity index (χ2v) is 8.51. The van der Waals surface area contributed by atoms with E-state index in [1.165, 1.54) is 0 Å². The van der Waals surface area contributed by atoms with Crippen LogP contribution in [0.2, 0.25) is 0 Å². The summed E-state index contributed by atoms with van der Waals surface area (Å²) in [4.78, 5) is 11.1. The highest BCUT2D eigenvalue weighted by atomic mass is 32.2. The van der Waals surface area contributed by atoms with Crippen molar-refractivity contribution < 1.29 is 18.3 Å². The molecule has 1 N–H and O–H groups in total. The number of aryl methyl sites for hydroxylation is 1. The van der Waals surface area contributed by atoms with E-state index >= 15 is 0 Å². The predicted molar refractivity (Wildman–Crippen MR) is 82.0 cm³/mol. The Labute approximate surface area is 131 Å². The van der Waals surface area contributed by atoms with Crippen molar-refractivity contribution in [2.75, 3.05) is 13.1 Å². The molecule has 0 amide bonds. The Morgan fingerprint density at radius 3 is 2.55 bits per heavy atom. The van der Waals surface area contributed by atoms with E-state index in [4.69, 9.17) is 5.11 Å². The molecule has 0 bridgehead atoms. The lowest BCUT2D eigenvalue weighted by atomic mass is 9.58. The lowest BCUT2D eigenvalue weighted by Gasteiger charge is -2.58. The van der Waals surface area contributed by atoms with Gasteiger partial charge in [0.2, 0.25) is 10.0 Å². The molecule has 2 aliphatic rings. The zero-order chi connectivity index (χ0) is 16.0. The van der Waals surface area contributed by atoms with Gasteiger partial charge in [0, 0.05) is 19.5 Å². The molecule has 1 spiro atoms. The van der Waals surface area contributed by atoms with Crippen molar-refractivity contribution >= 4 is 16.0 Å². The van der Waals surface area contributed by atoms with Crippen LogP contribution in [-0.2, 0) is 21.2 Å². The molecule has 1 saturated heterocycles. The maximum atomic E-state index is 12.7. The van der Waals surface area contributed by atoms with Crippen LogP contribution in [-0.4, -0.2) is 36.9 Å². The largest absolute Gasteiger partial charge is 0.481 e.